The van der Waals surface area contributed by atoms with Crippen LogP contribution in [0.2, 0.25) is 0 Å². The number of benzene rings is 1. The number of rotatable bonds is 7. The van der Waals surface area contributed by atoms with Crippen molar-refractivity contribution in [3.05, 3.63) is 59.2 Å². The maximum atomic E-state index is 12.3. The Balaban J connectivity index is 2.28. The smallest absolute Gasteiger partial charge is 0.221 e. The molecule has 1 heterocycles. The molecule has 1 aliphatic heterocycles. The molecule has 2 rings (SSSR count). The highest BCUT2D eigenvalue weighted by molar-refractivity contribution is 5.75. The average molecular weight is 360 g/mol. The Labute approximate surface area is 151 Å². The average Bonchev–Trinajstić information content (AvgIpc) is 2.63. The van der Waals surface area contributed by atoms with Crippen molar-refractivity contribution >= 4 is 11.7 Å². The van der Waals surface area contributed by atoms with Crippen LogP contribution < -0.4 is 25.4 Å². The molecule has 1 aliphatic rings. The van der Waals surface area contributed by atoms with Crippen molar-refractivity contribution in [2.24, 2.45) is 4.99 Å². The summed E-state index contributed by atoms with van der Waals surface area (Å²) in [5.74, 6) is 1.65. The van der Waals surface area contributed by atoms with Crippen molar-refractivity contribution in [1.29, 1.82) is 0 Å². The molecule has 1 aromatic carbocycles. The second kappa shape index (κ2) is 9.41. The number of fused-ring (bicyclic) bond motifs is 1. The molecule has 1 aromatic rings. The maximum absolute atomic E-state index is 12.3. The monoisotopic (exact) mass is 360 g/mol. The van der Waals surface area contributed by atoms with Gasteiger partial charge in [0.1, 0.15) is 5.76 Å². The van der Waals surface area contributed by atoms with E-state index in [2.05, 4.69) is 10.3 Å². The van der Waals surface area contributed by atoms with E-state index in [4.69, 9.17) is 14.2 Å². The first-order chi connectivity index (χ1) is 12.6. The van der Waals surface area contributed by atoms with Crippen LogP contribution in [0.1, 0.15) is 13.3 Å². The van der Waals surface area contributed by atoms with E-state index in [0.29, 0.717) is 36.5 Å². The molecule has 0 saturated carbocycles. The molecule has 0 atom stereocenters. The zero-order valence-electron chi connectivity index (χ0n) is 14.9. The van der Waals surface area contributed by atoms with E-state index < -0.39 is 0 Å². The number of nitrogens with zero attached hydrogens (tertiary/aromatic N) is 1. The van der Waals surface area contributed by atoms with Crippen LogP contribution in [0.5, 0.6) is 11.5 Å². The molecule has 0 aromatic heterocycles. The minimum Gasteiger partial charge on any atom is -0.493 e. The lowest BCUT2D eigenvalue weighted by molar-refractivity contribution is -0.118. The lowest BCUT2D eigenvalue weighted by atomic mass is 10.1. The van der Waals surface area contributed by atoms with Gasteiger partial charge in [-0.15, -0.1) is 0 Å². The molecule has 0 unspecified atom stereocenters. The summed E-state index contributed by atoms with van der Waals surface area (Å²) in [6, 6.07) is 3.63. The minimum atomic E-state index is -0.290. The van der Waals surface area contributed by atoms with Crippen LogP contribution in [0.25, 0.3) is 5.76 Å². The number of ether oxygens (including phenoxy) is 3. The Morgan fingerprint density at radius 1 is 1.27 bits per heavy atom. The predicted octanol–water partition coefficient (Wildman–Crippen LogP) is 1.87. The number of nitrogens with one attached hydrogen (secondary N) is 1. The fraction of sp³-hybridized carbons (Fsp3) is 0.263. The van der Waals surface area contributed by atoms with Gasteiger partial charge >= 0.3 is 0 Å². The summed E-state index contributed by atoms with van der Waals surface area (Å²) >= 11 is 0. The van der Waals surface area contributed by atoms with Gasteiger partial charge in [-0.05, 0) is 24.3 Å². The SMILES string of the molecule is COc1cc2c(cc1OC)=C(O/C=C/C=C(\C=C\F)NC(C)=O)CCN=2. The van der Waals surface area contributed by atoms with Gasteiger partial charge in [-0.3, -0.25) is 9.79 Å². The van der Waals surface area contributed by atoms with Crippen LogP contribution in [-0.4, -0.2) is 26.7 Å². The van der Waals surface area contributed by atoms with Gasteiger partial charge in [0.25, 0.3) is 0 Å². The molecule has 7 heteroatoms. The lowest BCUT2D eigenvalue weighted by Gasteiger charge is -2.13. The number of hydrogen-bond donors (Lipinski definition) is 1. The Kier molecular flexibility index (Phi) is 6.96. The van der Waals surface area contributed by atoms with Gasteiger partial charge in [0.2, 0.25) is 5.91 Å². The van der Waals surface area contributed by atoms with Crippen LogP contribution in [0.15, 0.2) is 53.6 Å². The Morgan fingerprint density at radius 3 is 2.65 bits per heavy atom. The molecule has 0 spiro atoms. The van der Waals surface area contributed by atoms with Gasteiger partial charge in [-0.25, -0.2) is 4.39 Å². The first-order valence-corrected chi connectivity index (χ1v) is 7.96. The Bertz CT molecular complexity index is 872. The van der Waals surface area contributed by atoms with Gasteiger partial charge in [0.15, 0.2) is 11.5 Å². The van der Waals surface area contributed by atoms with E-state index in [0.717, 1.165) is 22.4 Å². The van der Waals surface area contributed by atoms with Crippen LogP contribution in [0, 0.1) is 0 Å². The molecule has 138 valence electrons. The normalized spacial score (nSPS) is 14.2. The Morgan fingerprint density at radius 2 is 2.00 bits per heavy atom. The molecule has 0 saturated heterocycles. The summed E-state index contributed by atoms with van der Waals surface area (Å²) in [5, 5.41) is 4.10. The number of carbonyl (C=O) groups is 1. The van der Waals surface area contributed by atoms with Crippen molar-refractivity contribution < 1.29 is 23.4 Å². The molecule has 1 N–H and O–H groups in total. The van der Waals surface area contributed by atoms with E-state index >= 15 is 0 Å². The van der Waals surface area contributed by atoms with Gasteiger partial charge in [0.05, 0.1) is 32.2 Å². The number of methoxy groups -OCH3 is 2. The summed E-state index contributed by atoms with van der Waals surface area (Å²) in [7, 11) is 3.14. The van der Waals surface area contributed by atoms with E-state index in [1.165, 1.54) is 19.3 Å². The molecule has 0 radical (unpaired) electrons. The second-order valence-electron chi connectivity index (χ2n) is 5.32. The van der Waals surface area contributed by atoms with Crippen LogP contribution in [0.3, 0.4) is 0 Å². The third kappa shape index (κ3) is 4.95. The zero-order chi connectivity index (χ0) is 18.9. The largest absolute Gasteiger partial charge is 0.493 e. The minimum absolute atomic E-state index is 0.290. The quantitative estimate of drug-likeness (QED) is 0.595. The summed E-state index contributed by atoms with van der Waals surface area (Å²) < 4.78 is 28.7. The van der Waals surface area contributed by atoms with Gasteiger partial charge in [-0.2, -0.15) is 0 Å². The van der Waals surface area contributed by atoms with Crippen molar-refractivity contribution in [3.8, 4) is 11.5 Å². The van der Waals surface area contributed by atoms with Crippen LogP contribution in [0.4, 0.5) is 4.39 Å². The topological polar surface area (TPSA) is 69.2 Å². The van der Waals surface area contributed by atoms with Gasteiger partial charge in [-0.1, -0.05) is 0 Å². The van der Waals surface area contributed by atoms with Crippen molar-refractivity contribution in [3.63, 3.8) is 0 Å². The highest BCUT2D eigenvalue weighted by atomic mass is 19.1. The molecular weight excluding hydrogens is 339 g/mol. The zero-order valence-corrected chi connectivity index (χ0v) is 14.9. The molecule has 1 amide bonds. The lowest BCUT2D eigenvalue weighted by Crippen LogP contribution is -2.31. The highest BCUT2D eigenvalue weighted by Crippen LogP contribution is 2.23. The number of amides is 1. The summed E-state index contributed by atoms with van der Waals surface area (Å²) in [6.07, 6.45) is 6.70. The molecule has 0 aliphatic carbocycles. The number of hydrogen-bond acceptors (Lipinski definition) is 5. The summed E-state index contributed by atoms with van der Waals surface area (Å²) in [6.45, 7) is 1.95. The first kappa shape index (κ1) is 19.2. The van der Waals surface area contributed by atoms with E-state index in [9.17, 15) is 9.18 Å². The van der Waals surface area contributed by atoms with Crippen molar-refractivity contribution in [2.75, 3.05) is 20.8 Å². The molecule has 0 bridgehead atoms. The second-order valence-corrected chi connectivity index (χ2v) is 5.32. The fourth-order valence-corrected chi connectivity index (χ4v) is 2.43. The van der Waals surface area contributed by atoms with Crippen LogP contribution >= 0.6 is 0 Å². The van der Waals surface area contributed by atoms with Crippen molar-refractivity contribution in [2.45, 2.75) is 13.3 Å². The molecule has 26 heavy (non-hydrogen) atoms. The number of carbonyl (C=O) groups excluding carboxylic acids is 1. The van der Waals surface area contributed by atoms with Gasteiger partial charge < -0.3 is 19.5 Å². The van der Waals surface area contributed by atoms with E-state index in [-0.39, 0.29) is 5.91 Å². The standard InChI is InChI=1S/C19H21FN2O4/c1-13(23)22-14(6-8-20)5-4-10-26-17-7-9-21-16-12-19(25-3)18(24-2)11-15(16)17/h4-6,8,10-12H,7,9H2,1-3H3,(H,22,23)/b8-6+,10-4+,14-5+. The van der Waals surface area contributed by atoms with E-state index in [1.54, 1.807) is 26.4 Å². The number of allylic oxidation sites excluding steroid dienone is 3. The predicted molar refractivity (Wildman–Crippen MR) is 95.6 cm³/mol. The van der Waals surface area contributed by atoms with Crippen LogP contribution in [-0.2, 0) is 9.53 Å². The fourth-order valence-electron chi connectivity index (χ4n) is 2.43. The summed E-state index contributed by atoms with van der Waals surface area (Å²) in [4.78, 5) is 15.5. The maximum Gasteiger partial charge on any atom is 0.221 e. The third-order valence-electron chi connectivity index (χ3n) is 3.55. The first-order valence-electron chi connectivity index (χ1n) is 7.96. The molecular formula is C19H21FN2O4. The summed E-state index contributed by atoms with van der Waals surface area (Å²) in [5.41, 5.74) is 0.315. The van der Waals surface area contributed by atoms with Gasteiger partial charge in [0, 0.05) is 36.9 Å². The third-order valence-corrected chi connectivity index (χ3v) is 3.55. The molecule has 0 fully saturated rings. The number of halogens is 1. The Hall–Kier alpha value is -3.09. The molecule has 6 nitrogen and oxygen atoms in total. The van der Waals surface area contributed by atoms with E-state index in [1.807, 2.05) is 6.07 Å². The highest BCUT2D eigenvalue weighted by Gasteiger charge is 2.11. The van der Waals surface area contributed by atoms with Crippen molar-refractivity contribution in [1.82, 2.24) is 5.32 Å².